The van der Waals surface area contributed by atoms with Gasteiger partial charge in [-0.2, -0.15) is 0 Å². The van der Waals surface area contributed by atoms with Crippen molar-refractivity contribution in [3.05, 3.63) is 23.3 Å². The van der Waals surface area contributed by atoms with Gasteiger partial charge in [-0.3, -0.25) is 0 Å². The Balaban J connectivity index is 2.54. The third-order valence-electron chi connectivity index (χ3n) is 3.31. The maximum atomic E-state index is 6.03. The van der Waals surface area contributed by atoms with E-state index in [0.717, 1.165) is 24.3 Å². The molecule has 0 fully saturated rings. The van der Waals surface area contributed by atoms with Gasteiger partial charge in [-0.05, 0) is 30.4 Å². The molecule has 2 atom stereocenters. The Hall–Kier alpha value is -1.22. The normalized spacial score (nSPS) is 23.8. The second-order valence-corrected chi connectivity index (χ2v) is 4.47. The quantitative estimate of drug-likeness (QED) is 0.831. The zero-order valence-corrected chi connectivity index (χ0v) is 10.1. The molecule has 0 saturated carbocycles. The van der Waals surface area contributed by atoms with Gasteiger partial charge in [0.05, 0.1) is 14.2 Å². The molecule has 2 unspecified atom stereocenters. The summed E-state index contributed by atoms with van der Waals surface area (Å²) in [5.41, 5.74) is 8.59. The smallest absolute Gasteiger partial charge is 0.164 e. The Labute approximate surface area is 96.5 Å². The minimum absolute atomic E-state index is 0.264. The predicted octanol–water partition coefficient (Wildman–Crippen LogP) is 2.08. The number of hydrogen-bond donors (Lipinski definition) is 1. The van der Waals surface area contributed by atoms with Crippen LogP contribution in [0.25, 0.3) is 0 Å². The fourth-order valence-corrected chi connectivity index (χ4v) is 2.65. The number of nitrogens with two attached hydrogens (primary N) is 1. The highest BCUT2D eigenvalue weighted by molar-refractivity contribution is 5.53. The molecule has 0 aromatic heterocycles. The van der Waals surface area contributed by atoms with E-state index in [9.17, 15) is 0 Å². The number of hydrogen-bond acceptors (Lipinski definition) is 3. The van der Waals surface area contributed by atoms with Gasteiger partial charge in [0.2, 0.25) is 0 Å². The molecule has 0 saturated heterocycles. The van der Waals surface area contributed by atoms with E-state index < -0.39 is 0 Å². The van der Waals surface area contributed by atoms with Crippen molar-refractivity contribution < 1.29 is 9.47 Å². The van der Waals surface area contributed by atoms with Crippen molar-refractivity contribution in [2.24, 2.45) is 5.73 Å². The molecule has 1 aliphatic rings. The van der Waals surface area contributed by atoms with E-state index in [0.29, 0.717) is 5.92 Å². The van der Waals surface area contributed by atoms with Crippen LogP contribution in [0.3, 0.4) is 0 Å². The Bertz CT molecular complexity index is 390. The third-order valence-corrected chi connectivity index (χ3v) is 3.31. The molecule has 0 radical (unpaired) electrons. The summed E-state index contributed by atoms with van der Waals surface area (Å²) >= 11 is 0. The van der Waals surface area contributed by atoms with Gasteiger partial charge in [0.25, 0.3) is 0 Å². The van der Waals surface area contributed by atoms with Crippen molar-refractivity contribution in [1.82, 2.24) is 0 Å². The van der Waals surface area contributed by atoms with Gasteiger partial charge in [0, 0.05) is 11.6 Å². The summed E-state index contributed by atoms with van der Waals surface area (Å²) in [6.45, 7) is 2.19. The number of methoxy groups -OCH3 is 2. The molecule has 0 aliphatic heterocycles. The summed E-state index contributed by atoms with van der Waals surface area (Å²) < 4.78 is 10.8. The molecule has 16 heavy (non-hydrogen) atoms. The molecule has 0 bridgehead atoms. The highest BCUT2D eigenvalue weighted by Crippen LogP contribution is 2.42. The van der Waals surface area contributed by atoms with Crippen molar-refractivity contribution in [3.63, 3.8) is 0 Å². The lowest BCUT2D eigenvalue weighted by Gasteiger charge is -2.29. The third kappa shape index (κ3) is 1.76. The lowest BCUT2D eigenvalue weighted by molar-refractivity contribution is 0.344. The summed E-state index contributed by atoms with van der Waals surface area (Å²) in [7, 11) is 3.36. The fraction of sp³-hybridized carbons (Fsp3) is 0.538. The Morgan fingerprint density at radius 1 is 1.25 bits per heavy atom. The van der Waals surface area contributed by atoms with Gasteiger partial charge in [-0.1, -0.05) is 13.0 Å². The number of benzene rings is 1. The first kappa shape index (κ1) is 11.3. The van der Waals surface area contributed by atoms with Gasteiger partial charge in [-0.15, -0.1) is 0 Å². The monoisotopic (exact) mass is 221 g/mol. The topological polar surface area (TPSA) is 44.5 Å². The highest BCUT2D eigenvalue weighted by Gasteiger charge is 2.26. The average molecular weight is 221 g/mol. The molecule has 1 aromatic carbocycles. The second-order valence-electron chi connectivity index (χ2n) is 4.47. The van der Waals surface area contributed by atoms with Crippen LogP contribution in [0, 0.1) is 0 Å². The van der Waals surface area contributed by atoms with Crippen LogP contribution in [-0.2, 0) is 6.42 Å². The van der Waals surface area contributed by atoms with Crippen LogP contribution in [0.5, 0.6) is 11.5 Å². The molecule has 88 valence electrons. The lowest BCUT2D eigenvalue weighted by Crippen LogP contribution is -2.29. The summed E-state index contributed by atoms with van der Waals surface area (Å²) in [5.74, 6) is 2.12. The molecule has 1 aromatic rings. The molecular formula is C13H19NO2. The summed E-state index contributed by atoms with van der Waals surface area (Å²) in [5, 5.41) is 0. The van der Waals surface area contributed by atoms with Crippen LogP contribution in [0.1, 0.15) is 30.4 Å². The Morgan fingerprint density at radius 3 is 2.62 bits per heavy atom. The molecule has 2 N–H and O–H groups in total. The van der Waals surface area contributed by atoms with Crippen LogP contribution in [0.15, 0.2) is 12.1 Å². The molecular weight excluding hydrogens is 202 g/mol. The van der Waals surface area contributed by atoms with E-state index in [1.165, 1.54) is 11.1 Å². The van der Waals surface area contributed by atoms with Crippen LogP contribution in [0.2, 0.25) is 0 Å². The molecule has 3 heteroatoms. The first-order chi connectivity index (χ1) is 7.67. The summed E-state index contributed by atoms with van der Waals surface area (Å²) in [4.78, 5) is 0. The van der Waals surface area contributed by atoms with Crippen molar-refractivity contribution in [3.8, 4) is 11.5 Å². The lowest BCUT2D eigenvalue weighted by atomic mass is 9.81. The SMILES string of the molecule is COc1ccc2c(c1OC)C(C)CC(N)C2. The van der Waals surface area contributed by atoms with Crippen molar-refractivity contribution >= 4 is 0 Å². The first-order valence-corrected chi connectivity index (χ1v) is 5.66. The number of rotatable bonds is 2. The maximum absolute atomic E-state index is 6.03. The summed E-state index contributed by atoms with van der Waals surface area (Å²) in [6, 6.07) is 4.33. The van der Waals surface area contributed by atoms with Crippen molar-refractivity contribution in [1.29, 1.82) is 0 Å². The van der Waals surface area contributed by atoms with Crippen LogP contribution < -0.4 is 15.2 Å². The van der Waals surface area contributed by atoms with Gasteiger partial charge in [0.1, 0.15) is 0 Å². The molecule has 2 rings (SSSR count). The van der Waals surface area contributed by atoms with E-state index >= 15 is 0 Å². The van der Waals surface area contributed by atoms with E-state index in [-0.39, 0.29) is 6.04 Å². The fourth-order valence-electron chi connectivity index (χ4n) is 2.65. The minimum atomic E-state index is 0.264. The standard InChI is InChI=1S/C13H19NO2/c1-8-6-10(14)7-9-4-5-11(15-2)13(16-3)12(8)9/h4-5,8,10H,6-7,14H2,1-3H3. The van der Waals surface area contributed by atoms with E-state index in [4.69, 9.17) is 15.2 Å². The number of ether oxygens (including phenoxy) is 2. The zero-order chi connectivity index (χ0) is 11.7. The maximum Gasteiger partial charge on any atom is 0.164 e. The van der Waals surface area contributed by atoms with Gasteiger partial charge in [-0.25, -0.2) is 0 Å². The molecule has 0 heterocycles. The Morgan fingerprint density at radius 2 is 2.00 bits per heavy atom. The van der Waals surface area contributed by atoms with Gasteiger partial charge >= 0.3 is 0 Å². The zero-order valence-electron chi connectivity index (χ0n) is 10.1. The van der Waals surface area contributed by atoms with E-state index in [2.05, 4.69) is 13.0 Å². The minimum Gasteiger partial charge on any atom is -0.493 e. The first-order valence-electron chi connectivity index (χ1n) is 5.66. The van der Waals surface area contributed by atoms with E-state index in [1.54, 1.807) is 14.2 Å². The predicted molar refractivity (Wildman–Crippen MR) is 64.3 cm³/mol. The average Bonchev–Trinajstić information content (AvgIpc) is 2.27. The van der Waals surface area contributed by atoms with Gasteiger partial charge < -0.3 is 15.2 Å². The van der Waals surface area contributed by atoms with Crippen LogP contribution >= 0.6 is 0 Å². The van der Waals surface area contributed by atoms with Crippen LogP contribution in [0.4, 0.5) is 0 Å². The Kier molecular flexibility index (Phi) is 3.06. The van der Waals surface area contributed by atoms with Crippen LogP contribution in [-0.4, -0.2) is 20.3 Å². The highest BCUT2D eigenvalue weighted by atomic mass is 16.5. The largest absolute Gasteiger partial charge is 0.493 e. The van der Waals surface area contributed by atoms with Crippen molar-refractivity contribution in [2.75, 3.05) is 14.2 Å². The van der Waals surface area contributed by atoms with E-state index in [1.807, 2.05) is 6.07 Å². The second kappa shape index (κ2) is 4.34. The molecule has 0 amide bonds. The summed E-state index contributed by atoms with van der Waals surface area (Å²) in [6.07, 6.45) is 1.94. The molecule has 3 nitrogen and oxygen atoms in total. The number of fused-ring (bicyclic) bond motifs is 1. The van der Waals surface area contributed by atoms with Crippen molar-refractivity contribution in [2.45, 2.75) is 31.7 Å². The molecule has 0 spiro atoms. The van der Waals surface area contributed by atoms with Gasteiger partial charge in [0.15, 0.2) is 11.5 Å². The molecule has 1 aliphatic carbocycles.